The molecule has 1 aliphatic carbocycles. The number of rotatable bonds is 7. The summed E-state index contributed by atoms with van der Waals surface area (Å²) in [7, 11) is 0. The number of allylic oxidation sites excluding steroid dienone is 2. The highest BCUT2D eigenvalue weighted by atomic mass is 32.2. The van der Waals surface area contributed by atoms with E-state index in [4.69, 9.17) is 0 Å². The van der Waals surface area contributed by atoms with Crippen LogP contribution in [0, 0.1) is 5.92 Å². The van der Waals surface area contributed by atoms with Gasteiger partial charge in [0.1, 0.15) is 0 Å². The summed E-state index contributed by atoms with van der Waals surface area (Å²) >= 11 is 1.81. The summed E-state index contributed by atoms with van der Waals surface area (Å²) in [5.41, 5.74) is 2.05. The van der Waals surface area contributed by atoms with Gasteiger partial charge in [-0.15, -0.1) is 11.8 Å². The van der Waals surface area contributed by atoms with Crippen molar-refractivity contribution in [3.05, 3.63) is 46.4 Å². The fourth-order valence-electron chi connectivity index (χ4n) is 4.78. The number of nitrogens with zero attached hydrogens (tertiary/aromatic N) is 1. The normalized spacial score (nSPS) is 23.2. The molecule has 7 heteroatoms. The number of aliphatic hydroxyl groups is 2. The lowest BCUT2D eigenvalue weighted by Gasteiger charge is -2.23. The maximum absolute atomic E-state index is 12.6. The molecule has 1 fully saturated rings. The number of benzene rings is 1. The minimum Gasteiger partial charge on any atom is -0.380 e. The maximum Gasteiger partial charge on any atom is 0.255 e. The van der Waals surface area contributed by atoms with Crippen molar-refractivity contribution in [3.63, 3.8) is 0 Å². The molecule has 0 radical (unpaired) electrons. The summed E-state index contributed by atoms with van der Waals surface area (Å²) in [6.45, 7) is 1.18. The van der Waals surface area contributed by atoms with Crippen LogP contribution >= 0.6 is 11.8 Å². The topological polar surface area (TPSA) is 89.9 Å². The smallest absolute Gasteiger partial charge is 0.255 e. The lowest BCUT2D eigenvalue weighted by molar-refractivity contribution is -0.153. The second-order valence-corrected chi connectivity index (χ2v) is 10.4. The van der Waals surface area contributed by atoms with Crippen molar-refractivity contribution in [1.82, 2.24) is 10.2 Å². The molecule has 1 saturated carbocycles. The van der Waals surface area contributed by atoms with Crippen molar-refractivity contribution in [2.45, 2.75) is 75.5 Å². The molecule has 3 N–H and O–H groups in total. The minimum atomic E-state index is -1.77. The lowest BCUT2D eigenvalue weighted by atomic mass is 9.87. The first-order valence-electron chi connectivity index (χ1n) is 11.4. The van der Waals surface area contributed by atoms with Gasteiger partial charge >= 0.3 is 0 Å². The van der Waals surface area contributed by atoms with Gasteiger partial charge in [-0.25, -0.2) is 0 Å². The molecule has 0 aromatic heterocycles. The van der Waals surface area contributed by atoms with Crippen LogP contribution in [0.5, 0.6) is 0 Å². The molecular weight excluding hydrogens is 412 g/mol. The van der Waals surface area contributed by atoms with Crippen LogP contribution in [0.15, 0.2) is 35.2 Å². The highest BCUT2D eigenvalue weighted by Crippen LogP contribution is 2.39. The summed E-state index contributed by atoms with van der Waals surface area (Å²) in [5.74, 6) is -0.523. The molecule has 2 amide bonds. The number of hydrogen-bond acceptors (Lipinski definition) is 5. The Kier molecular flexibility index (Phi) is 7.35. The predicted molar refractivity (Wildman–Crippen MR) is 121 cm³/mol. The first-order chi connectivity index (χ1) is 15.0. The Bertz CT molecular complexity index is 812. The van der Waals surface area contributed by atoms with Crippen LogP contribution in [0.3, 0.4) is 0 Å². The summed E-state index contributed by atoms with van der Waals surface area (Å²) in [5, 5.41) is 23.5. The zero-order valence-electron chi connectivity index (χ0n) is 17.8. The maximum atomic E-state index is 12.6. The zero-order chi connectivity index (χ0) is 21.8. The van der Waals surface area contributed by atoms with Gasteiger partial charge in [-0.3, -0.25) is 9.59 Å². The van der Waals surface area contributed by atoms with E-state index in [1.165, 1.54) is 41.9 Å². The quantitative estimate of drug-likeness (QED) is 0.602. The Morgan fingerprint density at radius 2 is 1.74 bits per heavy atom. The predicted octanol–water partition coefficient (Wildman–Crippen LogP) is 2.73. The monoisotopic (exact) mass is 444 g/mol. The molecule has 6 nitrogen and oxygen atoms in total. The molecule has 2 heterocycles. The van der Waals surface area contributed by atoms with Gasteiger partial charge in [0.05, 0.1) is 0 Å². The molecular formula is C24H32N2O4S. The van der Waals surface area contributed by atoms with E-state index in [1.54, 1.807) is 0 Å². The molecule has 0 saturated heterocycles. The number of carbonyl (C=O) groups excluding carboxylic acids is 2. The fourth-order valence-corrected chi connectivity index (χ4v) is 6.09. The van der Waals surface area contributed by atoms with Crippen LogP contribution in [-0.4, -0.2) is 50.9 Å². The van der Waals surface area contributed by atoms with Gasteiger partial charge in [-0.05, 0) is 34.8 Å². The van der Waals surface area contributed by atoms with E-state index in [9.17, 15) is 19.8 Å². The van der Waals surface area contributed by atoms with Gasteiger partial charge in [-0.1, -0.05) is 62.4 Å². The molecule has 4 rings (SSSR count). The van der Waals surface area contributed by atoms with Crippen LogP contribution in [0.2, 0.25) is 0 Å². The Balaban J connectivity index is 1.19. The third kappa shape index (κ3) is 5.51. The van der Waals surface area contributed by atoms with Gasteiger partial charge in [0, 0.05) is 24.9 Å². The van der Waals surface area contributed by atoms with Gasteiger partial charge in [0.2, 0.25) is 0 Å². The second-order valence-electron chi connectivity index (χ2n) is 8.95. The molecule has 0 spiro atoms. The van der Waals surface area contributed by atoms with Crippen LogP contribution in [0.25, 0.3) is 0 Å². The fraction of sp³-hybridized carbons (Fsp3) is 0.583. The Labute approximate surface area is 188 Å². The molecule has 3 atom stereocenters. The Hall–Kier alpha value is -1.83. The highest BCUT2D eigenvalue weighted by Gasteiger charge is 2.35. The number of carbonyl (C=O) groups is 2. The largest absolute Gasteiger partial charge is 0.380 e. The molecule has 1 aromatic carbocycles. The lowest BCUT2D eigenvalue weighted by Crippen LogP contribution is -2.50. The van der Waals surface area contributed by atoms with Crippen molar-refractivity contribution < 1.29 is 19.8 Å². The SMILES string of the molecule is O=C(NCC1CC=C(CC2CCCCC2)S1)[C@H](O)[C@@H](O)C(=O)N1Cc2ccccc2C1. The molecule has 31 heavy (non-hydrogen) atoms. The number of nitrogens with one attached hydrogen (secondary N) is 1. The van der Waals surface area contributed by atoms with Crippen molar-refractivity contribution in [2.24, 2.45) is 5.92 Å². The van der Waals surface area contributed by atoms with Crippen molar-refractivity contribution in [2.75, 3.05) is 6.54 Å². The molecule has 1 aromatic rings. The van der Waals surface area contributed by atoms with Gasteiger partial charge < -0.3 is 20.4 Å². The average molecular weight is 445 g/mol. The Morgan fingerprint density at radius 1 is 1.06 bits per heavy atom. The van der Waals surface area contributed by atoms with Crippen LogP contribution < -0.4 is 5.32 Å². The van der Waals surface area contributed by atoms with E-state index < -0.39 is 24.0 Å². The number of aliphatic hydroxyl groups excluding tert-OH is 2. The first kappa shape index (κ1) is 22.4. The number of fused-ring (bicyclic) bond motifs is 1. The van der Waals surface area contributed by atoms with Crippen LogP contribution in [0.4, 0.5) is 0 Å². The van der Waals surface area contributed by atoms with E-state index in [2.05, 4.69) is 11.4 Å². The average Bonchev–Trinajstić information content (AvgIpc) is 3.43. The summed E-state index contributed by atoms with van der Waals surface area (Å²) in [6, 6.07) is 7.69. The number of hydrogen-bond donors (Lipinski definition) is 3. The minimum absolute atomic E-state index is 0.246. The van der Waals surface area contributed by atoms with Crippen molar-refractivity contribution in [1.29, 1.82) is 0 Å². The summed E-state index contributed by atoms with van der Waals surface area (Å²) in [6.07, 6.45) is 7.46. The van der Waals surface area contributed by atoms with Crippen molar-refractivity contribution in [3.8, 4) is 0 Å². The standard InChI is InChI=1S/C24H32N2O4S/c27-21(22(28)24(30)26-14-17-8-4-5-9-18(17)15-26)23(29)25-13-20-11-10-19(31-20)12-16-6-2-1-3-7-16/h4-5,8-10,16,20-22,27-28H,1-3,6-7,11-15H2,(H,25,29)/t20?,21-,22-/m1/s1. The number of amides is 2. The van der Waals surface area contributed by atoms with E-state index in [1.807, 2.05) is 36.0 Å². The van der Waals surface area contributed by atoms with E-state index in [0.29, 0.717) is 19.6 Å². The van der Waals surface area contributed by atoms with Crippen LogP contribution in [-0.2, 0) is 22.7 Å². The number of thioether (sulfide) groups is 1. The highest BCUT2D eigenvalue weighted by molar-refractivity contribution is 8.03. The molecule has 1 unspecified atom stereocenters. The first-order valence-corrected chi connectivity index (χ1v) is 12.2. The van der Waals surface area contributed by atoms with E-state index >= 15 is 0 Å². The van der Waals surface area contributed by atoms with E-state index in [0.717, 1.165) is 29.9 Å². The van der Waals surface area contributed by atoms with Gasteiger partial charge in [0.25, 0.3) is 11.8 Å². The Morgan fingerprint density at radius 3 is 2.42 bits per heavy atom. The van der Waals surface area contributed by atoms with Gasteiger partial charge in [-0.2, -0.15) is 0 Å². The van der Waals surface area contributed by atoms with Crippen molar-refractivity contribution >= 4 is 23.6 Å². The molecule has 168 valence electrons. The summed E-state index contributed by atoms with van der Waals surface area (Å²) < 4.78 is 0. The van der Waals surface area contributed by atoms with Gasteiger partial charge in [0.15, 0.2) is 12.2 Å². The third-order valence-electron chi connectivity index (χ3n) is 6.62. The second kappa shape index (κ2) is 10.2. The molecule has 2 aliphatic heterocycles. The molecule has 0 bridgehead atoms. The zero-order valence-corrected chi connectivity index (χ0v) is 18.7. The third-order valence-corrected chi connectivity index (χ3v) is 7.95. The summed E-state index contributed by atoms with van der Waals surface area (Å²) in [4.78, 5) is 27.8. The molecule has 3 aliphatic rings. The van der Waals surface area contributed by atoms with Crippen LogP contribution in [0.1, 0.15) is 56.1 Å². The van der Waals surface area contributed by atoms with E-state index in [-0.39, 0.29) is 5.25 Å².